The molecule has 0 saturated carbocycles. The molecule has 5 rings (SSSR count). The minimum Gasteiger partial charge on any atom is -0.422 e. The Morgan fingerprint density at radius 2 is 1.66 bits per heavy atom. The second-order valence-corrected chi connectivity index (χ2v) is 13.9. The number of nitrogens with zero attached hydrogens (tertiary/aromatic N) is 3. The molecule has 7 heteroatoms. The molecular weight excluding hydrogens is 566 g/mol. The van der Waals surface area contributed by atoms with Crippen molar-refractivity contribution in [1.29, 1.82) is 0 Å². The molecule has 5 aromatic rings. The van der Waals surface area contributed by atoms with E-state index in [0.29, 0.717) is 22.1 Å². The van der Waals surface area contributed by atoms with Crippen molar-refractivity contribution in [3.8, 4) is 10.6 Å². The van der Waals surface area contributed by atoms with Crippen molar-refractivity contribution in [1.82, 2.24) is 10.0 Å². The first-order valence-corrected chi connectivity index (χ1v) is 16.5. The first kappa shape index (κ1) is 31.9. The smallest absolute Gasteiger partial charge is 0.346 e. The lowest BCUT2D eigenvalue weighted by Gasteiger charge is -2.44. The predicted octanol–water partition coefficient (Wildman–Crippen LogP) is 9.28. The Labute approximate surface area is 265 Å². The molecular formula is C37H45N3O3S. The SMILES string of the molecule is CCN(CC)c1ccc2cc(-c3nc4cc(CC(C)ON(C(c5ccccc5)C(C)C)C(C)(C)C)ccc4s3)c(=O)oc2c1. The van der Waals surface area contributed by atoms with Crippen molar-refractivity contribution in [2.24, 2.45) is 5.92 Å². The number of aromatic nitrogens is 1. The molecule has 0 saturated heterocycles. The number of hydrogen-bond acceptors (Lipinski definition) is 7. The number of rotatable bonds is 11. The number of benzene rings is 3. The van der Waals surface area contributed by atoms with Gasteiger partial charge in [0.05, 0.1) is 27.9 Å². The summed E-state index contributed by atoms with van der Waals surface area (Å²) in [4.78, 5) is 26.9. The maximum Gasteiger partial charge on any atom is 0.346 e. The van der Waals surface area contributed by atoms with E-state index < -0.39 is 0 Å². The average molecular weight is 612 g/mol. The Bertz CT molecular complexity index is 1770. The van der Waals surface area contributed by atoms with Crippen LogP contribution >= 0.6 is 11.3 Å². The Hall–Kier alpha value is -3.52. The monoisotopic (exact) mass is 611 g/mol. The van der Waals surface area contributed by atoms with E-state index in [-0.39, 0.29) is 23.3 Å². The van der Waals surface area contributed by atoms with Crippen LogP contribution in [0.15, 0.2) is 82.0 Å². The molecule has 0 N–H and O–H groups in total. The highest BCUT2D eigenvalue weighted by atomic mass is 32.1. The van der Waals surface area contributed by atoms with E-state index >= 15 is 0 Å². The van der Waals surface area contributed by atoms with Gasteiger partial charge < -0.3 is 9.32 Å². The Morgan fingerprint density at radius 1 is 0.932 bits per heavy atom. The number of hydrogen-bond donors (Lipinski definition) is 0. The normalized spacial score (nSPS) is 13.7. The molecule has 0 radical (unpaired) electrons. The van der Waals surface area contributed by atoms with Gasteiger partial charge >= 0.3 is 5.63 Å². The molecule has 2 unspecified atom stereocenters. The zero-order valence-electron chi connectivity index (χ0n) is 27.3. The van der Waals surface area contributed by atoms with Crippen molar-refractivity contribution in [2.75, 3.05) is 18.0 Å². The fraction of sp³-hybridized carbons (Fsp3) is 0.405. The fourth-order valence-electron chi connectivity index (χ4n) is 5.89. The van der Waals surface area contributed by atoms with E-state index in [1.165, 1.54) is 16.9 Å². The summed E-state index contributed by atoms with van der Waals surface area (Å²) >= 11 is 1.52. The molecule has 0 aliphatic rings. The van der Waals surface area contributed by atoms with Gasteiger partial charge in [-0.1, -0.05) is 50.2 Å². The van der Waals surface area contributed by atoms with Gasteiger partial charge in [-0.3, -0.25) is 4.84 Å². The molecule has 0 aliphatic carbocycles. The molecule has 0 aliphatic heterocycles. The first-order valence-electron chi connectivity index (χ1n) is 15.7. The molecule has 2 aromatic heterocycles. The number of thiazole rings is 1. The molecule has 3 aromatic carbocycles. The summed E-state index contributed by atoms with van der Waals surface area (Å²) < 4.78 is 6.83. The van der Waals surface area contributed by atoms with Gasteiger partial charge in [0, 0.05) is 42.2 Å². The summed E-state index contributed by atoms with van der Waals surface area (Å²) in [5, 5.41) is 3.74. The fourth-order valence-corrected chi connectivity index (χ4v) is 6.84. The number of fused-ring (bicyclic) bond motifs is 2. The highest BCUT2D eigenvalue weighted by Crippen LogP contribution is 2.36. The van der Waals surface area contributed by atoms with Gasteiger partial charge in [-0.15, -0.1) is 11.3 Å². The van der Waals surface area contributed by atoms with E-state index in [1.807, 2.05) is 18.2 Å². The summed E-state index contributed by atoms with van der Waals surface area (Å²) in [6.45, 7) is 19.3. The maximum absolute atomic E-state index is 13.1. The van der Waals surface area contributed by atoms with Crippen LogP contribution in [0.1, 0.15) is 72.6 Å². The highest BCUT2D eigenvalue weighted by molar-refractivity contribution is 7.21. The molecule has 0 amide bonds. The standard InChI is InChI=1S/C37H45N3O3S/c1-9-39(10-2)29-18-17-28-22-30(36(41)42-32(28)23-29)35-38-31-21-26(16-19-33(31)44-35)20-25(5)43-40(37(6,7)8)34(24(3)4)27-14-12-11-13-15-27/h11-19,21-25,34H,9-10,20H2,1-8H3. The minimum absolute atomic E-state index is 0.0523. The molecule has 232 valence electrons. The van der Waals surface area contributed by atoms with E-state index in [1.54, 1.807) is 0 Å². The van der Waals surface area contributed by atoms with Crippen molar-refractivity contribution in [3.05, 3.63) is 94.3 Å². The third-order valence-corrected chi connectivity index (χ3v) is 9.10. The lowest BCUT2D eigenvalue weighted by molar-refractivity contribution is -0.269. The van der Waals surface area contributed by atoms with Gasteiger partial charge in [0.15, 0.2) is 0 Å². The van der Waals surface area contributed by atoms with Crippen molar-refractivity contribution in [2.45, 2.75) is 79.5 Å². The van der Waals surface area contributed by atoms with E-state index in [2.05, 4.69) is 120 Å². The Balaban J connectivity index is 1.38. The second-order valence-electron chi connectivity index (χ2n) is 12.9. The number of hydroxylamine groups is 2. The van der Waals surface area contributed by atoms with Gasteiger partial charge in [0.1, 0.15) is 10.6 Å². The summed E-state index contributed by atoms with van der Waals surface area (Å²) in [5.74, 6) is 0.366. The maximum atomic E-state index is 13.1. The van der Waals surface area contributed by atoms with Crippen LogP contribution in [-0.4, -0.2) is 34.8 Å². The molecule has 0 bridgehead atoms. The van der Waals surface area contributed by atoms with E-state index in [4.69, 9.17) is 14.2 Å². The quantitative estimate of drug-likeness (QED) is 0.110. The van der Waals surface area contributed by atoms with Crippen LogP contribution in [0, 0.1) is 5.92 Å². The molecule has 6 nitrogen and oxygen atoms in total. The van der Waals surface area contributed by atoms with Crippen molar-refractivity contribution in [3.63, 3.8) is 0 Å². The zero-order chi connectivity index (χ0) is 31.6. The lowest BCUT2D eigenvalue weighted by Crippen LogP contribution is -2.47. The van der Waals surface area contributed by atoms with Crippen LogP contribution in [0.2, 0.25) is 0 Å². The first-order chi connectivity index (χ1) is 21.0. The molecule has 2 atom stereocenters. The second kappa shape index (κ2) is 13.2. The zero-order valence-corrected chi connectivity index (χ0v) is 28.1. The van der Waals surface area contributed by atoms with E-state index in [0.717, 1.165) is 46.4 Å². The van der Waals surface area contributed by atoms with Gasteiger partial charge in [-0.2, -0.15) is 5.06 Å². The van der Waals surface area contributed by atoms with Crippen LogP contribution in [0.3, 0.4) is 0 Å². The lowest BCUT2D eigenvalue weighted by atomic mass is 9.92. The van der Waals surface area contributed by atoms with Crippen LogP contribution in [0.5, 0.6) is 0 Å². The molecule has 0 fully saturated rings. The van der Waals surface area contributed by atoms with Gasteiger partial charge in [-0.25, -0.2) is 9.78 Å². The van der Waals surface area contributed by atoms with Gasteiger partial charge in [0.2, 0.25) is 0 Å². The van der Waals surface area contributed by atoms with Crippen molar-refractivity contribution >= 4 is 38.2 Å². The van der Waals surface area contributed by atoms with Crippen LogP contribution in [0.25, 0.3) is 31.8 Å². The third kappa shape index (κ3) is 6.90. The van der Waals surface area contributed by atoms with Gasteiger partial charge in [-0.05, 0) is 88.9 Å². The van der Waals surface area contributed by atoms with Crippen LogP contribution in [-0.2, 0) is 11.3 Å². The molecule has 44 heavy (non-hydrogen) atoms. The summed E-state index contributed by atoms with van der Waals surface area (Å²) in [7, 11) is 0. The van der Waals surface area contributed by atoms with Crippen molar-refractivity contribution < 1.29 is 9.25 Å². The molecule has 0 spiro atoms. The Morgan fingerprint density at radius 3 is 2.32 bits per heavy atom. The predicted molar refractivity (Wildman–Crippen MR) is 185 cm³/mol. The highest BCUT2D eigenvalue weighted by Gasteiger charge is 2.34. The largest absolute Gasteiger partial charge is 0.422 e. The topological polar surface area (TPSA) is 58.8 Å². The summed E-state index contributed by atoms with van der Waals surface area (Å²) in [6.07, 6.45) is 0.686. The molecule has 2 heterocycles. The van der Waals surface area contributed by atoms with Crippen LogP contribution in [0.4, 0.5) is 5.69 Å². The average Bonchev–Trinajstić information content (AvgIpc) is 3.40. The number of anilines is 1. The van der Waals surface area contributed by atoms with Crippen LogP contribution < -0.4 is 10.5 Å². The Kier molecular flexibility index (Phi) is 9.59. The minimum atomic E-state index is -0.365. The summed E-state index contributed by atoms with van der Waals surface area (Å²) in [6, 6.07) is 25.0. The van der Waals surface area contributed by atoms with E-state index in [9.17, 15) is 4.79 Å². The summed E-state index contributed by atoms with van der Waals surface area (Å²) in [5.41, 5.74) is 4.86. The third-order valence-electron chi connectivity index (χ3n) is 8.03. The van der Waals surface area contributed by atoms with Gasteiger partial charge in [0.25, 0.3) is 0 Å².